The minimum absolute atomic E-state index is 0.193. The summed E-state index contributed by atoms with van der Waals surface area (Å²) in [5, 5.41) is 14.2. The van der Waals surface area contributed by atoms with E-state index in [9.17, 15) is 14.3 Å². The lowest BCUT2D eigenvalue weighted by Gasteiger charge is -2.33. The Morgan fingerprint density at radius 1 is 1.31 bits per heavy atom. The van der Waals surface area contributed by atoms with E-state index in [1.807, 2.05) is 31.2 Å². The molecule has 1 saturated heterocycles. The Kier molecular flexibility index (Phi) is 7.05. The molecular formula is C28H29BrFN5O4. The number of ether oxygens (including phenoxy) is 2. The van der Waals surface area contributed by atoms with Gasteiger partial charge in [-0.2, -0.15) is 0 Å². The summed E-state index contributed by atoms with van der Waals surface area (Å²) in [5.41, 5.74) is 5.85. The topological polar surface area (TPSA) is 115 Å². The third-order valence-electron chi connectivity index (χ3n) is 7.27. The van der Waals surface area contributed by atoms with Gasteiger partial charge in [-0.1, -0.05) is 0 Å². The molecule has 0 unspecified atom stereocenters. The van der Waals surface area contributed by atoms with Crippen molar-refractivity contribution in [2.45, 2.75) is 25.6 Å². The summed E-state index contributed by atoms with van der Waals surface area (Å²) in [5.74, 6) is 1.25. The number of nitrogens with zero attached hydrogens (tertiary/aromatic N) is 2. The third kappa shape index (κ3) is 5.02. The van der Waals surface area contributed by atoms with Crippen molar-refractivity contribution in [3.05, 3.63) is 68.0 Å². The monoisotopic (exact) mass is 597 g/mol. The first-order valence-electron chi connectivity index (χ1n) is 12.9. The van der Waals surface area contributed by atoms with Gasteiger partial charge in [0.1, 0.15) is 29.9 Å². The molecule has 0 radical (unpaired) electrons. The number of aliphatic hydroxyl groups is 1. The van der Waals surface area contributed by atoms with Crippen LogP contribution in [0.3, 0.4) is 0 Å². The molecule has 4 N–H and O–H groups in total. The number of pyridine rings is 1. The first kappa shape index (κ1) is 25.8. The first-order chi connectivity index (χ1) is 18.9. The summed E-state index contributed by atoms with van der Waals surface area (Å²) in [6, 6.07) is 9.58. The third-order valence-corrected chi connectivity index (χ3v) is 7.86. The number of anilines is 2. The predicted octanol–water partition coefficient (Wildman–Crippen LogP) is 4.24. The molecule has 1 fully saturated rings. The Labute approximate surface area is 232 Å². The number of aryl methyl sites for hydroxylation is 1. The predicted molar refractivity (Wildman–Crippen MR) is 152 cm³/mol. The van der Waals surface area contributed by atoms with Gasteiger partial charge < -0.3 is 34.8 Å². The van der Waals surface area contributed by atoms with Crippen LogP contribution in [0.2, 0.25) is 0 Å². The van der Waals surface area contributed by atoms with Gasteiger partial charge in [-0.3, -0.25) is 4.79 Å². The molecule has 9 nitrogen and oxygen atoms in total. The van der Waals surface area contributed by atoms with Gasteiger partial charge in [0.2, 0.25) is 0 Å². The number of imidazole rings is 1. The van der Waals surface area contributed by atoms with Gasteiger partial charge in [-0.25, -0.2) is 9.37 Å². The highest BCUT2D eigenvalue weighted by molar-refractivity contribution is 9.10. The number of rotatable bonds is 7. The smallest absolute Gasteiger partial charge is 0.261 e. The van der Waals surface area contributed by atoms with Crippen molar-refractivity contribution >= 4 is 38.3 Å². The SMILES string of the molecule is Cc1cc(N2CCO[C@@H](CF)C2)cc2[nH]c(-c3c(NC[C@@H](O)c4cc(Br)c5c(c4)CCO5)cc[nH]c3=O)nc12. The highest BCUT2D eigenvalue weighted by Gasteiger charge is 2.23. The fourth-order valence-corrected chi connectivity index (χ4v) is 5.91. The summed E-state index contributed by atoms with van der Waals surface area (Å²) in [4.78, 5) is 25.9. The molecule has 6 rings (SSSR count). The van der Waals surface area contributed by atoms with Crippen LogP contribution in [-0.4, -0.2) is 65.7 Å². The van der Waals surface area contributed by atoms with Gasteiger partial charge in [-0.05, 0) is 69.9 Å². The van der Waals surface area contributed by atoms with E-state index in [1.54, 1.807) is 12.3 Å². The van der Waals surface area contributed by atoms with Gasteiger partial charge >= 0.3 is 0 Å². The van der Waals surface area contributed by atoms with Crippen LogP contribution in [0.25, 0.3) is 22.4 Å². The molecule has 0 amide bonds. The number of morpholine rings is 1. The van der Waals surface area contributed by atoms with Crippen molar-refractivity contribution in [2.24, 2.45) is 0 Å². The number of aromatic nitrogens is 3. The van der Waals surface area contributed by atoms with Crippen molar-refractivity contribution in [1.82, 2.24) is 15.0 Å². The van der Waals surface area contributed by atoms with Crippen LogP contribution in [0.4, 0.5) is 15.8 Å². The van der Waals surface area contributed by atoms with Crippen LogP contribution < -0.4 is 20.5 Å². The van der Waals surface area contributed by atoms with Crippen LogP contribution in [0.15, 0.2) is 45.8 Å². The van der Waals surface area contributed by atoms with E-state index in [2.05, 4.69) is 36.1 Å². The van der Waals surface area contributed by atoms with Crippen molar-refractivity contribution in [3.63, 3.8) is 0 Å². The molecule has 0 spiro atoms. The minimum atomic E-state index is -0.804. The Morgan fingerprint density at radius 2 is 2.18 bits per heavy atom. The normalized spacial score (nSPS) is 17.7. The lowest BCUT2D eigenvalue weighted by molar-refractivity contribution is 0.0247. The Hall–Kier alpha value is -3.41. The largest absolute Gasteiger partial charge is 0.492 e. The van der Waals surface area contributed by atoms with Crippen molar-refractivity contribution in [1.29, 1.82) is 0 Å². The van der Waals surface area contributed by atoms with Crippen molar-refractivity contribution in [3.8, 4) is 17.1 Å². The molecule has 0 bridgehead atoms. The number of alkyl halides is 1. The number of aromatic amines is 2. The van der Waals surface area contributed by atoms with Crippen LogP contribution in [0, 0.1) is 6.92 Å². The molecule has 4 heterocycles. The molecule has 2 aliphatic rings. The molecule has 2 aliphatic heterocycles. The molecule has 2 aromatic carbocycles. The van der Waals surface area contributed by atoms with Gasteiger partial charge in [0, 0.05) is 37.9 Å². The van der Waals surface area contributed by atoms with E-state index in [4.69, 9.17) is 14.5 Å². The average Bonchev–Trinajstić information content (AvgIpc) is 3.59. The van der Waals surface area contributed by atoms with Gasteiger partial charge in [-0.15, -0.1) is 0 Å². The lowest BCUT2D eigenvalue weighted by atomic mass is 10.0. The van der Waals surface area contributed by atoms with Gasteiger partial charge in [0.15, 0.2) is 0 Å². The van der Waals surface area contributed by atoms with E-state index >= 15 is 0 Å². The van der Waals surface area contributed by atoms with E-state index in [0.29, 0.717) is 43.4 Å². The highest BCUT2D eigenvalue weighted by Crippen LogP contribution is 2.37. The van der Waals surface area contributed by atoms with E-state index in [-0.39, 0.29) is 12.1 Å². The second-order valence-corrected chi connectivity index (χ2v) is 10.8. The first-order valence-corrected chi connectivity index (χ1v) is 13.7. The lowest BCUT2D eigenvalue weighted by Crippen LogP contribution is -2.43. The van der Waals surface area contributed by atoms with Crippen LogP contribution in [-0.2, 0) is 11.2 Å². The van der Waals surface area contributed by atoms with Crippen LogP contribution >= 0.6 is 15.9 Å². The summed E-state index contributed by atoms with van der Waals surface area (Å²) < 4.78 is 25.1. The number of nitrogens with one attached hydrogen (secondary N) is 3. The number of benzene rings is 2. The summed E-state index contributed by atoms with van der Waals surface area (Å²) in [6.07, 6.45) is 1.12. The number of hydrogen-bond donors (Lipinski definition) is 4. The zero-order chi connectivity index (χ0) is 27.1. The molecule has 204 valence electrons. The standard InChI is InChI=1S/C28H29BrFN5O4/c1-15-8-18(35-5-7-38-19(12-30)14-35)11-22-25(15)34-27(33-22)24-21(2-4-31-28(24)37)32-13-23(36)17-9-16-3-6-39-26(16)20(29)10-17/h2,4,8-11,19,23,36H,3,5-7,12-14H2,1H3,(H,33,34)(H2,31,32,37)/t19-,23+/m0/s1. The zero-order valence-corrected chi connectivity index (χ0v) is 23.0. The second kappa shape index (κ2) is 10.6. The summed E-state index contributed by atoms with van der Waals surface area (Å²) in [6.45, 7) is 3.88. The van der Waals surface area contributed by atoms with Gasteiger partial charge in [0.05, 0.1) is 40.5 Å². The minimum Gasteiger partial charge on any atom is -0.492 e. The summed E-state index contributed by atoms with van der Waals surface area (Å²) in [7, 11) is 0. The number of hydrogen-bond acceptors (Lipinski definition) is 7. The Bertz CT molecular complexity index is 1590. The quantitative estimate of drug-likeness (QED) is 0.252. The van der Waals surface area contributed by atoms with E-state index < -0.39 is 18.9 Å². The Morgan fingerprint density at radius 3 is 3.03 bits per heavy atom. The average molecular weight is 598 g/mol. The number of aliphatic hydroxyl groups excluding tert-OH is 1. The van der Waals surface area contributed by atoms with Crippen molar-refractivity contribution in [2.75, 3.05) is 49.7 Å². The van der Waals surface area contributed by atoms with Crippen LogP contribution in [0.1, 0.15) is 22.8 Å². The Balaban J connectivity index is 1.27. The van der Waals surface area contributed by atoms with Crippen molar-refractivity contribution < 1.29 is 19.0 Å². The fraction of sp³-hybridized carbons (Fsp3) is 0.357. The van der Waals surface area contributed by atoms with E-state index in [0.717, 1.165) is 50.1 Å². The van der Waals surface area contributed by atoms with Gasteiger partial charge in [0.25, 0.3) is 5.56 Å². The highest BCUT2D eigenvalue weighted by atomic mass is 79.9. The van der Waals surface area contributed by atoms with Crippen LogP contribution in [0.5, 0.6) is 5.75 Å². The molecule has 0 saturated carbocycles. The maximum Gasteiger partial charge on any atom is 0.261 e. The second-order valence-electron chi connectivity index (χ2n) is 9.92. The number of fused-ring (bicyclic) bond motifs is 2. The molecule has 11 heteroatoms. The molecule has 2 atom stereocenters. The molecular weight excluding hydrogens is 569 g/mol. The molecule has 39 heavy (non-hydrogen) atoms. The fourth-order valence-electron chi connectivity index (χ4n) is 5.28. The van der Waals surface area contributed by atoms with E-state index in [1.165, 1.54) is 0 Å². The molecule has 2 aromatic heterocycles. The summed E-state index contributed by atoms with van der Waals surface area (Å²) >= 11 is 3.53. The maximum atomic E-state index is 13.2. The zero-order valence-electron chi connectivity index (χ0n) is 21.4. The molecule has 0 aliphatic carbocycles. The molecule has 4 aromatic rings. The number of H-pyrrole nitrogens is 2. The maximum absolute atomic E-state index is 13.2. The number of halogens is 2.